The monoisotopic (exact) mass is 575 g/mol. The predicted octanol–water partition coefficient (Wildman–Crippen LogP) is 4.32. The summed E-state index contributed by atoms with van der Waals surface area (Å²) in [6, 6.07) is 0.247. The van der Waals surface area contributed by atoms with Crippen molar-refractivity contribution >= 4 is 39.6 Å². The lowest BCUT2D eigenvalue weighted by Gasteiger charge is -2.29. The molecule has 2 unspecified atom stereocenters. The summed E-state index contributed by atoms with van der Waals surface area (Å²) in [6.45, 7) is 10.6. The molecule has 0 aromatic carbocycles. The third-order valence-corrected chi connectivity index (χ3v) is 8.62. The first-order valence-electron chi connectivity index (χ1n) is 12.7. The Balaban J connectivity index is 0.000000225. The molecule has 214 valence electrons. The molecule has 1 saturated carbocycles. The molecule has 2 aromatic rings. The van der Waals surface area contributed by atoms with Crippen molar-refractivity contribution in [2.45, 2.75) is 65.7 Å². The van der Waals surface area contributed by atoms with Crippen LogP contribution in [0.3, 0.4) is 0 Å². The fourth-order valence-corrected chi connectivity index (χ4v) is 5.49. The molecule has 2 aromatic heterocycles. The molecule has 2 fully saturated rings. The summed E-state index contributed by atoms with van der Waals surface area (Å²) in [5, 5.41) is 16.3. The average molecular weight is 576 g/mol. The van der Waals surface area contributed by atoms with Crippen LogP contribution >= 0.6 is 11.3 Å². The van der Waals surface area contributed by atoms with Gasteiger partial charge in [0.15, 0.2) is 0 Å². The lowest BCUT2D eigenvalue weighted by atomic mass is 9.84. The van der Waals surface area contributed by atoms with Crippen LogP contribution in [-0.4, -0.2) is 53.4 Å². The maximum Gasteiger partial charge on any atom is 0.471 e. The van der Waals surface area contributed by atoms with Gasteiger partial charge in [-0.1, -0.05) is 33.6 Å². The summed E-state index contributed by atoms with van der Waals surface area (Å²) in [4.78, 5) is 40.1. The third-order valence-electron chi connectivity index (χ3n) is 7.70. The number of amides is 3. The number of alkyl halides is 3. The Morgan fingerprint density at radius 3 is 2.45 bits per heavy atom. The minimum Gasteiger partial charge on any atom is -0.340 e. The van der Waals surface area contributed by atoms with Crippen LogP contribution in [0.25, 0.3) is 10.1 Å². The van der Waals surface area contributed by atoms with Gasteiger partial charge in [-0.15, -0.1) is 17.3 Å². The molecule has 3 atom stereocenters. The zero-order valence-electron chi connectivity index (χ0n) is 23.0. The number of halogens is 3. The second-order valence-electron chi connectivity index (χ2n) is 11.1. The molecule has 40 heavy (non-hydrogen) atoms. The molecule has 3 amide bonds. The third kappa shape index (κ3) is 6.73. The molecular weight excluding hydrogens is 543 g/mol. The van der Waals surface area contributed by atoms with Crippen molar-refractivity contribution in [2.75, 3.05) is 13.1 Å². The predicted molar refractivity (Wildman–Crippen MR) is 145 cm³/mol. The average Bonchev–Trinajstić information content (AvgIpc) is 3.39. The molecule has 2 N–H and O–H groups in total. The fourth-order valence-electron chi connectivity index (χ4n) is 4.60. The number of aromatic nitrogens is 1. The van der Waals surface area contributed by atoms with Gasteiger partial charge >= 0.3 is 12.1 Å². The van der Waals surface area contributed by atoms with Gasteiger partial charge < -0.3 is 15.5 Å². The van der Waals surface area contributed by atoms with Crippen LogP contribution in [0.15, 0.2) is 17.8 Å². The van der Waals surface area contributed by atoms with E-state index in [9.17, 15) is 27.6 Å². The Bertz CT molecular complexity index is 1380. The number of nitrogens with one attached hydrogen (secondary N) is 2. The number of carbonyl (C=O) groups excluding carboxylic acids is 3. The Labute approximate surface area is 235 Å². The first kappa shape index (κ1) is 30.9. The van der Waals surface area contributed by atoms with Crippen LogP contribution in [0.5, 0.6) is 0 Å². The van der Waals surface area contributed by atoms with E-state index in [-0.39, 0.29) is 11.3 Å². The Kier molecular flexibility index (Phi) is 9.15. The van der Waals surface area contributed by atoms with E-state index in [4.69, 9.17) is 5.26 Å². The number of hydrogen-bond donors (Lipinski definition) is 2. The van der Waals surface area contributed by atoms with Gasteiger partial charge in [0.25, 0.3) is 0 Å². The summed E-state index contributed by atoms with van der Waals surface area (Å²) >= 11 is 1.52. The number of thiophene rings is 1. The highest BCUT2D eigenvalue weighted by Crippen LogP contribution is 2.49. The Morgan fingerprint density at radius 1 is 1.27 bits per heavy atom. The van der Waals surface area contributed by atoms with Gasteiger partial charge in [-0.05, 0) is 36.5 Å². The minimum absolute atomic E-state index is 0.0707. The number of pyridine rings is 1. The number of nitrogens with zero attached hydrogens (tertiary/aromatic N) is 3. The zero-order chi connectivity index (χ0) is 29.9. The molecule has 1 aliphatic heterocycles. The van der Waals surface area contributed by atoms with Gasteiger partial charge in [-0.25, -0.2) is 0 Å². The minimum atomic E-state index is -4.97. The van der Waals surface area contributed by atoms with Crippen molar-refractivity contribution in [2.24, 2.45) is 16.7 Å². The molecule has 0 spiro atoms. The summed E-state index contributed by atoms with van der Waals surface area (Å²) in [5.41, 5.74) is 0.913. The van der Waals surface area contributed by atoms with Gasteiger partial charge in [0.2, 0.25) is 12.3 Å². The highest BCUT2D eigenvalue weighted by Gasteiger charge is 2.54. The summed E-state index contributed by atoms with van der Waals surface area (Å²) < 4.78 is 38.5. The van der Waals surface area contributed by atoms with E-state index >= 15 is 0 Å². The van der Waals surface area contributed by atoms with E-state index in [0.717, 1.165) is 15.6 Å². The van der Waals surface area contributed by atoms with E-state index in [1.165, 1.54) is 11.3 Å². The molecule has 1 aliphatic carbocycles. The lowest BCUT2D eigenvalue weighted by Crippen LogP contribution is -2.55. The van der Waals surface area contributed by atoms with Crippen molar-refractivity contribution in [1.82, 2.24) is 20.5 Å². The van der Waals surface area contributed by atoms with Crippen LogP contribution in [0.2, 0.25) is 0 Å². The van der Waals surface area contributed by atoms with Crippen LogP contribution in [-0.2, 0) is 14.4 Å². The number of likely N-dealkylation sites (tertiary alicyclic amines) is 1. The van der Waals surface area contributed by atoms with Crippen LogP contribution in [0, 0.1) is 39.9 Å². The Morgan fingerprint density at radius 2 is 1.95 bits per heavy atom. The van der Waals surface area contributed by atoms with Crippen molar-refractivity contribution in [3.63, 3.8) is 0 Å². The van der Waals surface area contributed by atoms with Crippen LogP contribution in [0.1, 0.15) is 64.6 Å². The van der Waals surface area contributed by atoms with Gasteiger partial charge in [-0.3, -0.25) is 19.4 Å². The van der Waals surface area contributed by atoms with Crippen molar-refractivity contribution in [1.29, 1.82) is 5.26 Å². The van der Waals surface area contributed by atoms with Gasteiger partial charge in [0, 0.05) is 47.4 Å². The van der Waals surface area contributed by atoms with Crippen LogP contribution in [0.4, 0.5) is 13.2 Å². The highest BCUT2D eigenvalue weighted by molar-refractivity contribution is 7.17. The van der Waals surface area contributed by atoms with Crippen molar-refractivity contribution < 1.29 is 27.6 Å². The molecule has 1 saturated heterocycles. The van der Waals surface area contributed by atoms with E-state index in [2.05, 4.69) is 22.1 Å². The van der Waals surface area contributed by atoms with Crippen molar-refractivity contribution in [3.8, 4) is 17.9 Å². The molecule has 3 heterocycles. The quantitative estimate of drug-likeness (QED) is 0.393. The highest BCUT2D eigenvalue weighted by atomic mass is 32.1. The molecule has 0 bridgehead atoms. The van der Waals surface area contributed by atoms with E-state index < -0.39 is 35.5 Å². The number of carbonyl (C=O) groups is 3. The standard InChI is InChI=1S/C15H23F3N2O2.C13H9N3OS/c1-9-7-20(8-13(9,2)3)11(21)10(14(4)5-6-14)19-12(22)15(16,17)18;1-2-3-9-7-18-12-6-15-5-10(13(9)12)11(4-14)16-8-17/h9-10H,5-8H2,1-4H3,(H,19,22);5-8,11H,1H3,(H,16,17)/t9-,10?;/m0./s1. The second-order valence-corrected chi connectivity index (χ2v) is 12.1. The number of fused-ring (bicyclic) bond motifs is 1. The second kappa shape index (κ2) is 11.8. The van der Waals surface area contributed by atoms with Gasteiger partial charge in [0.05, 0.1) is 10.8 Å². The van der Waals surface area contributed by atoms with Crippen molar-refractivity contribution in [3.05, 3.63) is 28.9 Å². The molecule has 4 rings (SSSR count). The van der Waals surface area contributed by atoms with Gasteiger partial charge in [-0.2, -0.15) is 18.4 Å². The first-order chi connectivity index (χ1) is 18.7. The summed E-state index contributed by atoms with van der Waals surface area (Å²) in [5.74, 6) is 3.68. The SMILES string of the molecule is CC#Cc1csc2cncc(C(C#N)NC=O)c12.C[C@H]1CN(C(=O)C(NC(=O)C(F)(F)F)C2(C)CC2)CC1(C)C. The molecule has 12 heteroatoms. The lowest BCUT2D eigenvalue weighted by molar-refractivity contribution is -0.175. The first-order valence-corrected chi connectivity index (χ1v) is 13.6. The number of nitriles is 1. The summed E-state index contributed by atoms with van der Waals surface area (Å²) in [7, 11) is 0. The maximum absolute atomic E-state index is 12.7. The Hall–Kier alpha value is -3.64. The smallest absolute Gasteiger partial charge is 0.340 e. The number of rotatable bonds is 6. The molecular formula is C28H32F3N5O3S. The van der Waals surface area contributed by atoms with E-state index in [0.29, 0.717) is 37.9 Å². The fraction of sp³-hybridized carbons (Fsp3) is 0.536. The van der Waals surface area contributed by atoms with E-state index in [1.54, 1.807) is 31.1 Å². The van der Waals surface area contributed by atoms with E-state index in [1.807, 2.05) is 37.5 Å². The maximum atomic E-state index is 12.7. The molecule has 8 nitrogen and oxygen atoms in total. The normalized spacial score (nSPS) is 20.1. The molecule has 0 radical (unpaired) electrons. The molecule has 2 aliphatic rings. The largest absolute Gasteiger partial charge is 0.471 e. The van der Waals surface area contributed by atoms with Crippen LogP contribution < -0.4 is 10.6 Å². The number of hydrogen-bond acceptors (Lipinski definition) is 6. The zero-order valence-corrected chi connectivity index (χ0v) is 23.8. The van der Waals surface area contributed by atoms with Gasteiger partial charge in [0.1, 0.15) is 12.1 Å². The summed E-state index contributed by atoms with van der Waals surface area (Å²) in [6.07, 6.45) is 0.175. The topological polar surface area (TPSA) is 115 Å².